The molecule has 1 saturated heterocycles. The zero-order valence-electron chi connectivity index (χ0n) is 13.8. The van der Waals surface area contributed by atoms with Crippen LogP contribution in [-0.2, 0) is 0 Å². The summed E-state index contributed by atoms with van der Waals surface area (Å²) in [5, 5.41) is 25.0. The summed E-state index contributed by atoms with van der Waals surface area (Å²) in [6.45, 7) is 3.19. The second-order valence-corrected chi connectivity index (χ2v) is 5.97. The number of nitrogens with one attached hydrogen (secondary N) is 1. The number of aromatic nitrogens is 3. The Morgan fingerprint density at radius 1 is 1.44 bits per heavy atom. The molecule has 25 heavy (non-hydrogen) atoms. The summed E-state index contributed by atoms with van der Waals surface area (Å²) in [5.41, 5.74) is 1.18. The van der Waals surface area contributed by atoms with Crippen molar-refractivity contribution >= 4 is 5.91 Å². The maximum atomic E-state index is 12.2. The van der Waals surface area contributed by atoms with Crippen molar-refractivity contribution in [3.63, 3.8) is 0 Å². The minimum atomic E-state index is -0.349. The molecule has 2 aromatic rings. The van der Waals surface area contributed by atoms with Crippen LogP contribution in [0, 0.1) is 28.7 Å². The van der Waals surface area contributed by atoms with Gasteiger partial charge >= 0.3 is 0 Å². The molecule has 0 aliphatic carbocycles. The number of nitrogens with zero attached hydrogens (tertiary/aromatic N) is 6. The fourth-order valence-electron chi connectivity index (χ4n) is 2.93. The molecule has 1 amide bonds. The number of carbonyl (C=O) groups is 1. The van der Waals surface area contributed by atoms with Gasteiger partial charge in [0.05, 0.1) is 17.3 Å². The topological polar surface area (TPSA) is 111 Å². The van der Waals surface area contributed by atoms with Gasteiger partial charge in [-0.25, -0.2) is 9.67 Å². The van der Waals surface area contributed by atoms with E-state index in [1.165, 1.54) is 11.0 Å². The minimum Gasteiger partial charge on any atom is -0.349 e. The lowest BCUT2D eigenvalue weighted by atomic mass is 10.0. The van der Waals surface area contributed by atoms with Gasteiger partial charge in [-0.2, -0.15) is 10.5 Å². The molecule has 3 rings (SSSR count). The third kappa shape index (κ3) is 3.43. The molecule has 8 heteroatoms. The van der Waals surface area contributed by atoms with E-state index < -0.39 is 0 Å². The van der Waals surface area contributed by atoms with Crippen LogP contribution < -0.4 is 5.32 Å². The smallest absolute Gasteiger partial charge is 0.290 e. The van der Waals surface area contributed by atoms with Crippen LogP contribution in [0.25, 0.3) is 5.69 Å². The summed E-state index contributed by atoms with van der Waals surface area (Å²) in [6.07, 6.45) is 4.48. The average Bonchev–Trinajstić information content (AvgIpc) is 3.27. The Bertz CT molecular complexity index is 860. The zero-order chi connectivity index (χ0) is 17.8. The molecular formula is C17H17N7O. The van der Waals surface area contributed by atoms with Gasteiger partial charge in [0.1, 0.15) is 6.33 Å². The monoisotopic (exact) mass is 335 g/mol. The Balaban J connectivity index is 1.63. The van der Waals surface area contributed by atoms with Gasteiger partial charge in [-0.05, 0) is 37.5 Å². The van der Waals surface area contributed by atoms with Gasteiger partial charge in [0.25, 0.3) is 5.91 Å². The summed E-state index contributed by atoms with van der Waals surface area (Å²) < 4.78 is 1.46. The van der Waals surface area contributed by atoms with Crippen LogP contribution in [0.4, 0.5) is 0 Å². The van der Waals surface area contributed by atoms with Crippen molar-refractivity contribution < 1.29 is 4.79 Å². The summed E-state index contributed by atoms with van der Waals surface area (Å²) in [5.74, 6) is -0.0408. The quantitative estimate of drug-likeness (QED) is 0.836. The molecule has 1 fully saturated rings. The van der Waals surface area contributed by atoms with Gasteiger partial charge in [0.15, 0.2) is 6.19 Å². The van der Waals surface area contributed by atoms with Crippen molar-refractivity contribution in [2.75, 3.05) is 13.1 Å². The van der Waals surface area contributed by atoms with Crippen molar-refractivity contribution in [1.29, 1.82) is 10.5 Å². The number of hydrogen-bond acceptors (Lipinski definition) is 6. The van der Waals surface area contributed by atoms with Gasteiger partial charge in [-0.1, -0.05) is 6.07 Å². The molecule has 1 aliphatic heterocycles. The lowest BCUT2D eigenvalue weighted by Crippen LogP contribution is -2.35. The van der Waals surface area contributed by atoms with Gasteiger partial charge in [0, 0.05) is 19.1 Å². The third-order valence-electron chi connectivity index (χ3n) is 4.50. The van der Waals surface area contributed by atoms with E-state index in [9.17, 15) is 4.79 Å². The van der Waals surface area contributed by atoms with Gasteiger partial charge in [0.2, 0.25) is 5.82 Å². The second kappa shape index (κ2) is 7.02. The fraction of sp³-hybridized carbons (Fsp3) is 0.353. The summed E-state index contributed by atoms with van der Waals surface area (Å²) in [4.78, 5) is 18.0. The Morgan fingerprint density at radius 2 is 2.28 bits per heavy atom. The van der Waals surface area contributed by atoms with Crippen LogP contribution in [-0.4, -0.2) is 44.7 Å². The molecule has 0 bridgehead atoms. The maximum Gasteiger partial charge on any atom is 0.290 e. The fourth-order valence-corrected chi connectivity index (χ4v) is 2.93. The Kier molecular flexibility index (Phi) is 4.62. The molecule has 8 nitrogen and oxygen atoms in total. The molecule has 0 radical (unpaired) electrons. The van der Waals surface area contributed by atoms with Crippen LogP contribution in [0.15, 0.2) is 30.6 Å². The van der Waals surface area contributed by atoms with Gasteiger partial charge in [-0.15, -0.1) is 5.10 Å². The van der Waals surface area contributed by atoms with E-state index in [2.05, 4.69) is 27.7 Å². The maximum absolute atomic E-state index is 12.2. The predicted molar refractivity (Wildman–Crippen MR) is 88.3 cm³/mol. The Hall–Kier alpha value is -3.39. The molecular weight excluding hydrogens is 318 g/mol. The van der Waals surface area contributed by atoms with Crippen molar-refractivity contribution in [3.05, 3.63) is 42.0 Å². The van der Waals surface area contributed by atoms with E-state index in [0.717, 1.165) is 13.0 Å². The largest absolute Gasteiger partial charge is 0.349 e. The summed E-state index contributed by atoms with van der Waals surface area (Å²) in [6, 6.07) is 9.08. The van der Waals surface area contributed by atoms with Crippen LogP contribution in [0.1, 0.15) is 29.5 Å². The lowest BCUT2D eigenvalue weighted by molar-refractivity contribution is 0.0935. The van der Waals surface area contributed by atoms with Crippen molar-refractivity contribution in [2.24, 2.45) is 5.92 Å². The van der Waals surface area contributed by atoms with E-state index in [0.29, 0.717) is 17.8 Å². The van der Waals surface area contributed by atoms with Crippen molar-refractivity contribution in [1.82, 2.24) is 25.0 Å². The van der Waals surface area contributed by atoms with Crippen LogP contribution in [0.3, 0.4) is 0 Å². The number of hydrogen-bond donors (Lipinski definition) is 1. The predicted octanol–water partition coefficient (Wildman–Crippen LogP) is 1.06. The third-order valence-corrected chi connectivity index (χ3v) is 4.50. The molecule has 1 aliphatic rings. The van der Waals surface area contributed by atoms with E-state index in [-0.39, 0.29) is 23.7 Å². The number of rotatable bonds is 4. The Labute approximate surface area is 145 Å². The number of carbonyl (C=O) groups excluding carboxylic acids is 1. The first-order valence-electron chi connectivity index (χ1n) is 7.99. The second-order valence-electron chi connectivity index (χ2n) is 5.97. The van der Waals surface area contributed by atoms with Crippen molar-refractivity contribution in [2.45, 2.75) is 19.4 Å². The standard InChI is InChI=1S/C17H17N7O/c1-12-14(5-6-23(12)10-19)9-20-17(25)16-21-11-24(22-16)15-4-2-3-13(7-15)8-18/h2-4,7,11-12,14H,5-6,9H2,1H3,(H,20,25)/t12-,14-/m1/s1. The van der Waals surface area contributed by atoms with Crippen LogP contribution in [0.5, 0.6) is 0 Å². The minimum absolute atomic E-state index is 0.0742. The van der Waals surface area contributed by atoms with Crippen LogP contribution >= 0.6 is 0 Å². The SMILES string of the molecule is C[C@@H]1[C@@H](CNC(=O)c2ncn(-c3cccc(C#N)c3)n2)CCN1C#N. The zero-order valence-corrected chi connectivity index (χ0v) is 13.8. The molecule has 2 heterocycles. The van der Waals surface area contributed by atoms with E-state index in [1.54, 1.807) is 29.2 Å². The Morgan fingerprint density at radius 3 is 3.00 bits per heavy atom. The first-order chi connectivity index (χ1) is 12.1. The molecule has 1 aromatic carbocycles. The van der Waals surface area contributed by atoms with E-state index >= 15 is 0 Å². The highest BCUT2D eigenvalue weighted by Crippen LogP contribution is 2.22. The number of benzene rings is 1. The van der Waals surface area contributed by atoms with Crippen LogP contribution in [0.2, 0.25) is 0 Å². The van der Waals surface area contributed by atoms with Crippen molar-refractivity contribution in [3.8, 4) is 17.9 Å². The summed E-state index contributed by atoms with van der Waals surface area (Å²) in [7, 11) is 0. The molecule has 1 aromatic heterocycles. The highest BCUT2D eigenvalue weighted by atomic mass is 16.2. The molecule has 0 spiro atoms. The normalized spacial score (nSPS) is 19.2. The van der Waals surface area contributed by atoms with E-state index in [4.69, 9.17) is 10.5 Å². The summed E-state index contributed by atoms with van der Waals surface area (Å²) >= 11 is 0. The highest BCUT2D eigenvalue weighted by molar-refractivity contribution is 5.90. The number of likely N-dealkylation sites (tertiary alicyclic amines) is 1. The number of amides is 1. The molecule has 1 N–H and O–H groups in total. The first kappa shape index (κ1) is 16.5. The first-order valence-corrected chi connectivity index (χ1v) is 7.99. The molecule has 2 atom stereocenters. The number of nitriles is 2. The van der Waals surface area contributed by atoms with Gasteiger partial charge in [-0.3, -0.25) is 4.79 Å². The van der Waals surface area contributed by atoms with E-state index in [1.807, 2.05) is 6.92 Å². The highest BCUT2D eigenvalue weighted by Gasteiger charge is 2.30. The van der Waals surface area contributed by atoms with Gasteiger partial charge < -0.3 is 10.2 Å². The lowest BCUT2D eigenvalue weighted by Gasteiger charge is -2.19. The average molecular weight is 335 g/mol. The molecule has 126 valence electrons. The molecule has 0 unspecified atom stereocenters. The molecule has 0 saturated carbocycles.